The Morgan fingerprint density at radius 3 is 2.59 bits per heavy atom. The molecule has 3 amide bonds. The number of hydrogen-bond donors (Lipinski definition) is 1. The smallest absolute Gasteiger partial charge is 0.250 e. The molecule has 0 bridgehead atoms. The molecule has 4 unspecified atom stereocenters. The Morgan fingerprint density at radius 1 is 0.941 bits per heavy atom. The van der Waals surface area contributed by atoms with Crippen LogP contribution in [0, 0.1) is 25.7 Å². The minimum absolute atomic E-state index is 0.111. The number of carbonyl (C=O) groups is 3. The molecule has 1 N–H and O–H groups in total. The lowest BCUT2D eigenvalue weighted by Crippen LogP contribution is -2.54. The summed E-state index contributed by atoms with van der Waals surface area (Å²) in [5.74, 6) is -1.86. The Labute approximate surface area is 197 Å². The summed E-state index contributed by atoms with van der Waals surface area (Å²) < 4.78 is 0. The number of amides is 3. The first-order valence-corrected chi connectivity index (χ1v) is 12.0. The van der Waals surface area contributed by atoms with E-state index in [2.05, 4.69) is 10.2 Å². The molecule has 4 atom stereocenters. The van der Waals surface area contributed by atoms with Crippen molar-refractivity contribution in [1.82, 2.24) is 4.90 Å². The van der Waals surface area contributed by atoms with Crippen molar-refractivity contribution >= 4 is 39.9 Å². The van der Waals surface area contributed by atoms with Gasteiger partial charge in [-0.3, -0.25) is 19.3 Å². The predicted octanol–water partition coefficient (Wildman–Crippen LogP) is 3.89. The summed E-state index contributed by atoms with van der Waals surface area (Å²) in [4.78, 5) is 45.7. The van der Waals surface area contributed by atoms with Crippen LogP contribution in [-0.2, 0) is 19.9 Å². The van der Waals surface area contributed by atoms with Gasteiger partial charge in [-0.2, -0.15) is 0 Å². The molecule has 34 heavy (non-hydrogen) atoms. The zero-order valence-electron chi connectivity index (χ0n) is 19.2. The maximum atomic E-state index is 14.2. The fraction of sp³-hybridized carbons (Fsp3) is 0.321. The molecule has 4 aliphatic heterocycles. The maximum absolute atomic E-state index is 14.2. The Morgan fingerprint density at radius 2 is 1.74 bits per heavy atom. The highest BCUT2D eigenvalue weighted by Gasteiger charge is 2.74. The quantitative estimate of drug-likeness (QED) is 0.570. The van der Waals surface area contributed by atoms with E-state index in [0.717, 1.165) is 46.0 Å². The van der Waals surface area contributed by atoms with Crippen LogP contribution >= 0.6 is 0 Å². The number of nitrogens with zero attached hydrogens (tertiary/aromatic N) is 2. The van der Waals surface area contributed by atoms with Crippen molar-refractivity contribution in [2.45, 2.75) is 38.3 Å². The van der Waals surface area contributed by atoms with Crippen molar-refractivity contribution in [3.63, 3.8) is 0 Å². The van der Waals surface area contributed by atoms with Crippen LogP contribution in [0.1, 0.15) is 29.5 Å². The van der Waals surface area contributed by atoms with Gasteiger partial charge >= 0.3 is 0 Å². The van der Waals surface area contributed by atoms with Crippen LogP contribution in [0.15, 0.2) is 54.6 Å². The van der Waals surface area contributed by atoms with E-state index in [-0.39, 0.29) is 23.8 Å². The van der Waals surface area contributed by atoms with Gasteiger partial charge in [-0.15, -0.1) is 0 Å². The predicted molar refractivity (Wildman–Crippen MR) is 129 cm³/mol. The van der Waals surface area contributed by atoms with Gasteiger partial charge in [0, 0.05) is 22.7 Å². The van der Waals surface area contributed by atoms with Gasteiger partial charge < -0.3 is 5.32 Å². The van der Waals surface area contributed by atoms with Gasteiger partial charge in [0.15, 0.2) is 0 Å². The summed E-state index contributed by atoms with van der Waals surface area (Å²) in [5.41, 5.74) is 3.24. The van der Waals surface area contributed by atoms with E-state index in [1.807, 2.05) is 68.4 Å². The number of anilines is 2. The normalized spacial score (nSPS) is 29.8. The van der Waals surface area contributed by atoms with E-state index < -0.39 is 17.4 Å². The highest BCUT2D eigenvalue weighted by molar-refractivity contribution is 6.28. The maximum Gasteiger partial charge on any atom is 0.250 e. The minimum Gasteiger partial charge on any atom is -0.324 e. The van der Waals surface area contributed by atoms with Crippen molar-refractivity contribution in [2.24, 2.45) is 11.8 Å². The molecular weight excluding hydrogens is 426 g/mol. The fourth-order valence-corrected chi connectivity index (χ4v) is 7.16. The topological polar surface area (TPSA) is 69.7 Å². The molecule has 1 spiro atoms. The molecule has 3 aromatic carbocycles. The molecule has 0 radical (unpaired) electrons. The van der Waals surface area contributed by atoms with E-state index in [0.29, 0.717) is 12.2 Å². The van der Waals surface area contributed by atoms with E-state index in [1.165, 1.54) is 4.90 Å². The summed E-state index contributed by atoms with van der Waals surface area (Å²) >= 11 is 0. The highest BCUT2D eigenvalue weighted by atomic mass is 16.2. The van der Waals surface area contributed by atoms with Crippen LogP contribution < -0.4 is 10.2 Å². The summed E-state index contributed by atoms with van der Waals surface area (Å²) in [6.07, 6.45) is 1.73. The van der Waals surface area contributed by atoms with Crippen LogP contribution in [-0.4, -0.2) is 35.2 Å². The highest BCUT2D eigenvalue weighted by Crippen LogP contribution is 2.61. The molecule has 0 aromatic heterocycles. The summed E-state index contributed by atoms with van der Waals surface area (Å²) in [5, 5.41) is 4.97. The second-order valence-electron chi connectivity index (χ2n) is 10.1. The first-order chi connectivity index (χ1) is 16.5. The molecule has 3 fully saturated rings. The Balaban J connectivity index is 1.46. The van der Waals surface area contributed by atoms with E-state index in [1.54, 1.807) is 0 Å². The fourth-order valence-electron chi connectivity index (χ4n) is 7.16. The lowest BCUT2D eigenvalue weighted by Gasteiger charge is -2.36. The van der Waals surface area contributed by atoms with Crippen LogP contribution in [0.5, 0.6) is 0 Å². The molecule has 6 nitrogen and oxygen atoms in total. The number of carbonyl (C=O) groups excluding carboxylic acids is 3. The van der Waals surface area contributed by atoms with E-state index in [9.17, 15) is 14.4 Å². The molecule has 6 heteroatoms. The largest absolute Gasteiger partial charge is 0.324 e. The van der Waals surface area contributed by atoms with Crippen molar-refractivity contribution < 1.29 is 14.4 Å². The van der Waals surface area contributed by atoms with Crippen LogP contribution in [0.3, 0.4) is 0 Å². The average molecular weight is 452 g/mol. The van der Waals surface area contributed by atoms with Crippen LogP contribution in [0.4, 0.5) is 11.4 Å². The number of rotatable bonds is 1. The van der Waals surface area contributed by atoms with Crippen LogP contribution in [0.2, 0.25) is 0 Å². The molecule has 4 heterocycles. The third-order valence-corrected chi connectivity index (χ3v) is 8.71. The zero-order chi connectivity index (χ0) is 23.4. The van der Waals surface area contributed by atoms with Gasteiger partial charge in [0.1, 0.15) is 5.54 Å². The molecule has 3 saturated heterocycles. The Kier molecular flexibility index (Phi) is 3.83. The minimum atomic E-state index is -1.13. The Hall–Kier alpha value is -3.51. The number of aryl methyl sites for hydroxylation is 1. The van der Waals surface area contributed by atoms with Crippen LogP contribution in [0.25, 0.3) is 10.8 Å². The Bertz CT molecular complexity index is 1440. The van der Waals surface area contributed by atoms with E-state index >= 15 is 0 Å². The summed E-state index contributed by atoms with van der Waals surface area (Å²) in [6, 6.07) is 17.4. The number of imide groups is 1. The monoisotopic (exact) mass is 451 g/mol. The van der Waals surface area contributed by atoms with Gasteiger partial charge in [0.25, 0.3) is 0 Å². The van der Waals surface area contributed by atoms with Gasteiger partial charge in [-0.1, -0.05) is 48.5 Å². The molecule has 0 saturated carbocycles. The number of benzene rings is 3. The summed E-state index contributed by atoms with van der Waals surface area (Å²) in [7, 11) is 0. The summed E-state index contributed by atoms with van der Waals surface area (Å²) in [6.45, 7) is 4.74. The van der Waals surface area contributed by atoms with Gasteiger partial charge in [-0.05, 0) is 55.8 Å². The lowest BCUT2D eigenvalue weighted by atomic mass is 9.75. The molecule has 3 aromatic rings. The third-order valence-electron chi connectivity index (χ3n) is 8.71. The standard InChI is InChI=1S/C28H25N3O3/c1-15-12-13-19-24(16(15)2)29-27(34)28(19)23-22(21-11-6-14-30(21)28)25(32)31(26(23)33)20-10-5-8-17-7-3-4-9-18(17)20/h3-5,7-10,12-13,21-23H,6,11,14H2,1-2H3,(H,29,34). The first kappa shape index (κ1) is 19.9. The number of fused-ring (bicyclic) bond motifs is 8. The molecule has 0 aliphatic carbocycles. The van der Waals surface area contributed by atoms with Crippen molar-refractivity contribution in [3.05, 3.63) is 71.3 Å². The van der Waals surface area contributed by atoms with Crippen molar-refractivity contribution in [1.29, 1.82) is 0 Å². The molecule has 7 rings (SSSR count). The SMILES string of the molecule is Cc1ccc2c(c1C)NC(=O)C21C2C(=O)N(c3cccc4ccccc34)C(=O)C2C2CCCN21. The average Bonchev–Trinajstić information content (AvgIpc) is 3.55. The molecular formula is C28H25N3O3. The first-order valence-electron chi connectivity index (χ1n) is 12.0. The van der Waals surface area contributed by atoms with Crippen molar-refractivity contribution in [2.75, 3.05) is 16.8 Å². The second kappa shape index (κ2) is 6.54. The second-order valence-corrected chi connectivity index (χ2v) is 10.1. The van der Waals surface area contributed by atoms with Gasteiger partial charge in [0.05, 0.1) is 17.5 Å². The van der Waals surface area contributed by atoms with Crippen molar-refractivity contribution in [3.8, 4) is 0 Å². The zero-order valence-corrected chi connectivity index (χ0v) is 19.2. The van der Waals surface area contributed by atoms with Gasteiger partial charge in [0.2, 0.25) is 17.7 Å². The number of hydrogen-bond acceptors (Lipinski definition) is 4. The third kappa shape index (κ3) is 2.13. The van der Waals surface area contributed by atoms with E-state index in [4.69, 9.17) is 0 Å². The number of nitrogens with one attached hydrogen (secondary N) is 1. The molecule has 170 valence electrons. The van der Waals surface area contributed by atoms with Gasteiger partial charge in [-0.25, -0.2) is 4.90 Å². The lowest BCUT2D eigenvalue weighted by molar-refractivity contribution is -0.135. The molecule has 4 aliphatic rings.